The molecule has 2 fully saturated rings. The third-order valence-electron chi connectivity index (χ3n) is 6.99. The third kappa shape index (κ3) is 4.32. The molecule has 2 bridgehead atoms. The van der Waals surface area contributed by atoms with Crippen molar-refractivity contribution in [2.24, 2.45) is 23.7 Å². The van der Waals surface area contributed by atoms with E-state index >= 15 is 0 Å². The van der Waals surface area contributed by atoms with Crippen LogP contribution in [0.3, 0.4) is 0 Å². The largest absolute Gasteiger partial charge is 0.463 e. The van der Waals surface area contributed by atoms with Crippen LogP contribution >= 0.6 is 0 Å². The topological polar surface area (TPSA) is 54.0 Å². The highest BCUT2D eigenvalue weighted by atomic mass is 19.4. The number of ether oxygens (including phenoxy) is 4. The van der Waals surface area contributed by atoms with Gasteiger partial charge in [0.05, 0.1) is 13.2 Å². The minimum Gasteiger partial charge on any atom is -0.463 e. The summed E-state index contributed by atoms with van der Waals surface area (Å²) in [7, 11) is 0.878. The molecule has 0 spiro atoms. The molecule has 0 aromatic heterocycles. The Hall–Kier alpha value is -1.90. The number of fused-ring (bicyclic) bond motifs is 2. The predicted octanol–water partition coefficient (Wildman–Crippen LogP) is 4.62. The standard InChI is InChI=1S/C24H29F3O5/c1-29-23(24(25,26)27,18-7-3-2-4-8-18)22(28)32-15-20-17-11-10-16(13-17)19(20)14-31-21-9-5-6-12-30-21/h2-4,7-8,10-11,16-17,19-21H,5-6,9,12-15H2,1H3/t16-,17+,19-,20+,21?,23-/m1/s1. The quantitative estimate of drug-likeness (QED) is 0.424. The molecule has 4 rings (SSSR count). The summed E-state index contributed by atoms with van der Waals surface area (Å²) >= 11 is 0. The van der Waals surface area contributed by atoms with E-state index in [1.54, 1.807) is 6.07 Å². The van der Waals surface area contributed by atoms with Crippen LogP contribution < -0.4 is 0 Å². The van der Waals surface area contributed by atoms with Crippen LogP contribution in [0.25, 0.3) is 0 Å². The Balaban J connectivity index is 1.45. The average Bonchev–Trinajstić information content (AvgIpc) is 3.39. The molecular formula is C24H29F3O5. The fraction of sp³-hybridized carbons (Fsp3) is 0.625. The Morgan fingerprint density at radius 1 is 1.06 bits per heavy atom. The smallest absolute Gasteiger partial charge is 0.432 e. The van der Waals surface area contributed by atoms with E-state index in [0.29, 0.717) is 13.2 Å². The maximum Gasteiger partial charge on any atom is 0.432 e. The van der Waals surface area contributed by atoms with Gasteiger partial charge in [-0.05, 0) is 43.4 Å². The highest BCUT2D eigenvalue weighted by Gasteiger charge is 2.64. The maximum atomic E-state index is 14.1. The first-order valence-electron chi connectivity index (χ1n) is 11.1. The fourth-order valence-electron chi connectivity index (χ4n) is 5.24. The summed E-state index contributed by atoms with van der Waals surface area (Å²) in [5.41, 5.74) is -3.47. The number of carbonyl (C=O) groups is 1. The lowest BCUT2D eigenvalue weighted by Gasteiger charge is -2.34. The number of hydrogen-bond donors (Lipinski definition) is 0. The molecule has 1 aromatic carbocycles. The molecule has 1 saturated carbocycles. The van der Waals surface area contributed by atoms with E-state index in [0.717, 1.165) is 32.8 Å². The number of hydrogen-bond acceptors (Lipinski definition) is 5. The van der Waals surface area contributed by atoms with Gasteiger partial charge in [-0.1, -0.05) is 42.5 Å². The molecule has 5 nitrogen and oxygen atoms in total. The fourth-order valence-corrected chi connectivity index (χ4v) is 5.24. The second-order valence-electron chi connectivity index (χ2n) is 8.75. The van der Waals surface area contributed by atoms with Gasteiger partial charge in [-0.15, -0.1) is 0 Å². The molecule has 32 heavy (non-hydrogen) atoms. The first-order valence-corrected chi connectivity index (χ1v) is 11.1. The number of halogens is 3. The maximum absolute atomic E-state index is 14.1. The van der Waals surface area contributed by atoms with Gasteiger partial charge in [0.2, 0.25) is 0 Å². The molecule has 1 unspecified atom stereocenters. The van der Waals surface area contributed by atoms with E-state index in [9.17, 15) is 18.0 Å². The van der Waals surface area contributed by atoms with Gasteiger partial charge in [-0.2, -0.15) is 13.2 Å². The molecule has 0 radical (unpaired) electrons. The van der Waals surface area contributed by atoms with Crippen molar-refractivity contribution in [3.8, 4) is 0 Å². The van der Waals surface area contributed by atoms with E-state index < -0.39 is 17.7 Å². The number of benzene rings is 1. The van der Waals surface area contributed by atoms with Crippen molar-refractivity contribution >= 4 is 5.97 Å². The molecule has 0 amide bonds. The first kappa shape index (κ1) is 23.3. The summed E-state index contributed by atoms with van der Waals surface area (Å²) in [6.45, 7) is 1.00. The number of rotatable bonds is 8. The molecule has 2 aliphatic carbocycles. The van der Waals surface area contributed by atoms with Crippen molar-refractivity contribution < 1.29 is 36.9 Å². The molecule has 176 valence electrons. The summed E-state index contributed by atoms with van der Waals surface area (Å²) in [5, 5.41) is 0. The van der Waals surface area contributed by atoms with E-state index in [1.165, 1.54) is 24.3 Å². The van der Waals surface area contributed by atoms with Crippen LogP contribution in [0, 0.1) is 23.7 Å². The van der Waals surface area contributed by atoms with E-state index in [-0.39, 0.29) is 42.1 Å². The van der Waals surface area contributed by atoms with Crippen molar-refractivity contribution in [2.75, 3.05) is 26.9 Å². The van der Waals surface area contributed by atoms with Gasteiger partial charge >= 0.3 is 12.1 Å². The number of alkyl halides is 3. The second kappa shape index (κ2) is 9.53. The molecule has 1 heterocycles. The number of esters is 1. The Labute approximate surface area is 185 Å². The summed E-state index contributed by atoms with van der Waals surface area (Å²) in [4.78, 5) is 12.9. The summed E-state index contributed by atoms with van der Waals surface area (Å²) in [5.74, 6) is -1.04. The van der Waals surface area contributed by atoms with Gasteiger partial charge in [-0.25, -0.2) is 4.79 Å². The van der Waals surface area contributed by atoms with Crippen molar-refractivity contribution in [2.45, 2.75) is 43.8 Å². The number of methoxy groups -OCH3 is 1. The van der Waals surface area contributed by atoms with Crippen LogP contribution in [0.2, 0.25) is 0 Å². The number of allylic oxidation sites excluding steroid dienone is 2. The summed E-state index contributed by atoms with van der Waals surface area (Å²) in [6.07, 6.45) is 2.81. The van der Waals surface area contributed by atoms with Crippen LogP contribution in [0.4, 0.5) is 13.2 Å². The summed E-state index contributed by atoms with van der Waals surface area (Å²) in [6, 6.07) is 6.89. The van der Waals surface area contributed by atoms with Crippen LogP contribution in [0.1, 0.15) is 31.2 Å². The molecule has 6 atom stereocenters. The van der Waals surface area contributed by atoms with Crippen LogP contribution in [-0.4, -0.2) is 45.4 Å². The van der Waals surface area contributed by atoms with E-state index in [4.69, 9.17) is 18.9 Å². The van der Waals surface area contributed by atoms with Gasteiger partial charge in [0.1, 0.15) is 0 Å². The lowest BCUT2D eigenvalue weighted by atomic mass is 9.84. The van der Waals surface area contributed by atoms with Gasteiger partial charge < -0.3 is 18.9 Å². The zero-order valence-corrected chi connectivity index (χ0v) is 18.1. The van der Waals surface area contributed by atoms with Crippen LogP contribution in [0.15, 0.2) is 42.5 Å². The molecule has 1 aromatic rings. The molecule has 1 saturated heterocycles. The number of carbonyl (C=O) groups excluding carboxylic acids is 1. The highest BCUT2D eigenvalue weighted by molar-refractivity contribution is 5.82. The highest BCUT2D eigenvalue weighted by Crippen LogP contribution is 2.49. The molecular weight excluding hydrogens is 425 g/mol. The predicted molar refractivity (Wildman–Crippen MR) is 109 cm³/mol. The van der Waals surface area contributed by atoms with Gasteiger partial charge in [0.15, 0.2) is 6.29 Å². The monoisotopic (exact) mass is 454 g/mol. The minimum absolute atomic E-state index is 0.0721. The molecule has 3 aliphatic rings. The normalized spacial score (nSPS) is 31.4. The average molecular weight is 454 g/mol. The van der Waals surface area contributed by atoms with Gasteiger partial charge in [0, 0.05) is 25.2 Å². The van der Waals surface area contributed by atoms with Crippen LogP contribution in [0.5, 0.6) is 0 Å². The summed E-state index contributed by atoms with van der Waals surface area (Å²) < 4.78 is 64.0. The molecule has 0 N–H and O–H groups in total. The SMILES string of the molecule is CO[C@@](C(=O)OC[C@@H]1[C@H](COC2CCCCO2)[C@@H]2C=C[C@H]1C2)(c1ccccc1)C(F)(F)F. The van der Waals surface area contributed by atoms with Crippen molar-refractivity contribution in [3.05, 3.63) is 48.0 Å². The Morgan fingerprint density at radius 3 is 2.34 bits per heavy atom. The molecule has 1 aliphatic heterocycles. The lowest BCUT2D eigenvalue weighted by molar-refractivity contribution is -0.277. The van der Waals surface area contributed by atoms with Crippen molar-refractivity contribution in [3.63, 3.8) is 0 Å². The Bertz CT molecular complexity index is 806. The second-order valence-corrected chi connectivity index (χ2v) is 8.75. The van der Waals surface area contributed by atoms with Crippen LogP contribution in [-0.2, 0) is 29.3 Å². The Morgan fingerprint density at radius 2 is 1.75 bits per heavy atom. The van der Waals surface area contributed by atoms with Crippen molar-refractivity contribution in [1.29, 1.82) is 0 Å². The van der Waals surface area contributed by atoms with E-state index in [1.807, 2.05) is 0 Å². The third-order valence-corrected chi connectivity index (χ3v) is 6.99. The lowest BCUT2D eigenvalue weighted by Crippen LogP contribution is -2.52. The first-order chi connectivity index (χ1) is 15.4. The van der Waals surface area contributed by atoms with Gasteiger partial charge in [0.25, 0.3) is 5.60 Å². The molecule has 8 heteroatoms. The van der Waals surface area contributed by atoms with Gasteiger partial charge in [-0.3, -0.25) is 0 Å². The Kier molecular flexibility index (Phi) is 6.93. The zero-order valence-electron chi connectivity index (χ0n) is 18.1. The zero-order chi connectivity index (χ0) is 22.8. The van der Waals surface area contributed by atoms with Crippen molar-refractivity contribution in [1.82, 2.24) is 0 Å². The minimum atomic E-state index is -4.98. The van der Waals surface area contributed by atoms with E-state index in [2.05, 4.69) is 12.2 Å².